The average Bonchev–Trinajstić information content (AvgIpc) is 2.95. The van der Waals surface area contributed by atoms with Crippen LogP contribution in [0.1, 0.15) is 46.2 Å². The topological polar surface area (TPSA) is 71.8 Å². The molecule has 27 heavy (non-hydrogen) atoms. The van der Waals surface area contributed by atoms with Crippen LogP contribution in [0, 0.1) is 18.3 Å². The molecule has 2 N–H and O–H groups in total. The van der Waals surface area contributed by atoms with E-state index < -0.39 is 5.91 Å². The Kier molecular flexibility index (Phi) is 5.42. The van der Waals surface area contributed by atoms with Crippen LogP contribution in [0.25, 0.3) is 11.1 Å². The number of hydrogen-bond donors (Lipinski definition) is 1. The van der Waals surface area contributed by atoms with Crippen molar-refractivity contribution in [3.63, 3.8) is 0 Å². The molecule has 4 nitrogen and oxygen atoms in total. The van der Waals surface area contributed by atoms with Gasteiger partial charge in [-0.25, -0.2) is 0 Å². The third-order valence-corrected chi connectivity index (χ3v) is 4.85. The number of aromatic nitrogens is 1. The minimum atomic E-state index is -0.420. The first-order valence-electron chi connectivity index (χ1n) is 9.13. The lowest BCUT2D eigenvalue weighted by molar-refractivity contribution is 0.1000. The maximum Gasteiger partial charge on any atom is 0.251 e. The summed E-state index contributed by atoms with van der Waals surface area (Å²) >= 11 is 0. The molecule has 0 bridgehead atoms. The van der Waals surface area contributed by atoms with E-state index in [-0.39, 0.29) is 0 Å². The Morgan fingerprint density at radius 2 is 1.78 bits per heavy atom. The number of hydrogen-bond acceptors (Lipinski definition) is 2. The van der Waals surface area contributed by atoms with Gasteiger partial charge in [-0.05, 0) is 36.6 Å². The normalized spacial score (nSPS) is 10.6. The second-order valence-electron chi connectivity index (χ2n) is 6.66. The highest BCUT2D eigenvalue weighted by atomic mass is 16.1. The van der Waals surface area contributed by atoms with Gasteiger partial charge in [0.15, 0.2) is 0 Å². The minimum Gasteiger partial charge on any atom is -0.366 e. The monoisotopic (exact) mass is 357 g/mol. The Labute approximate surface area is 159 Å². The molecular weight excluding hydrogens is 334 g/mol. The Morgan fingerprint density at radius 1 is 1.11 bits per heavy atom. The molecule has 0 radical (unpaired) electrons. The van der Waals surface area contributed by atoms with Crippen molar-refractivity contribution in [3.8, 4) is 17.2 Å². The van der Waals surface area contributed by atoms with E-state index in [0.717, 1.165) is 35.4 Å². The number of benzene rings is 2. The third kappa shape index (κ3) is 3.63. The predicted octanol–water partition coefficient (Wildman–Crippen LogP) is 4.43. The molecule has 0 unspecified atom stereocenters. The first kappa shape index (κ1) is 18.5. The van der Waals surface area contributed by atoms with Gasteiger partial charge in [-0.3, -0.25) is 4.79 Å². The van der Waals surface area contributed by atoms with Gasteiger partial charge < -0.3 is 10.3 Å². The predicted molar refractivity (Wildman–Crippen MR) is 107 cm³/mol. The average molecular weight is 357 g/mol. The summed E-state index contributed by atoms with van der Waals surface area (Å²) in [6.45, 7) is 4.77. The van der Waals surface area contributed by atoms with Crippen LogP contribution in [-0.4, -0.2) is 10.5 Å². The van der Waals surface area contributed by atoms with Crippen LogP contribution in [0.3, 0.4) is 0 Å². The zero-order valence-corrected chi connectivity index (χ0v) is 15.7. The summed E-state index contributed by atoms with van der Waals surface area (Å²) in [5.41, 5.74) is 11.9. The minimum absolute atomic E-state index is 0.420. The van der Waals surface area contributed by atoms with Crippen LogP contribution >= 0.6 is 0 Å². The Balaban J connectivity index is 2.22. The molecular formula is C23H23N3O. The molecule has 0 spiro atoms. The van der Waals surface area contributed by atoms with Crippen LogP contribution in [0.15, 0.2) is 54.6 Å². The van der Waals surface area contributed by atoms with Crippen molar-refractivity contribution >= 4 is 5.91 Å². The smallest absolute Gasteiger partial charge is 0.251 e. The number of amides is 1. The van der Waals surface area contributed by atoms with Gasteiger partial charge in [0.1, 0.15) is 0 Å². The van der Waals surface area contributed by atoms with Crippen molar-refractivity contribution in [1.82, 2.24) is 4.57 Å². The fraction of sp³-hybridized carbons (Fsp3) is 0.217. The molecule has 0 aliphatic rings. The molecule has 3 aromatic rings. The van der Waals surface area contributed by atoms with Gasteiger partial charge in [0.05, 0.1) is 17.2 Å². The molecule has 136 valence electrons. The summed E-state index contributed by atoms with van der Waals surface area (Å²) in [5.74, 6) is -0.420. The molecule has 2 aromatic carbocycles. The third-order valence-electron chi connectivity index (χ3n) is 4.85. The first-order valence-corrected chi connectivity index (χ1v) is 9.13. The number of carbonyl (C=O) groups is 1. The largest absolute Gasteiger partial charge is 0.366 e. The molecule has 0 aliphatic heterocycles. The lowest BCUT2D eigenvalue weighted by Gasteiger charge is -2.13. The summed E-state index contributed by atoms with van der Waals surface area (Å²) in [6.07, 6.45) is 1.80. The van der Waals surface area contributed by atoms with Crippen LogP contribution in [0.2, 0.25) is 0 Å². The first-order chi connectivity index (χ1) is 13.1. The second-order valence-corrected chi connectivity index (χ2v) is 6.66. The van der Waals surface area contributed by atoms with Gasteiger partial charge in [0.25, 0.3) is 5.91 Å². The van der Waals surface area contributed by atoms with E-state index in [4.69, 9.17) is 11.0 Å². The van der Waals surface area contributed by atoms with Crippen molar-refractivity contribution in [2.45, 2.75) is 33.2 Å². The van der Waals surface area contributed by atoms with E-state index in [9.17, 15) is 4.79 Å². The summed E-state index contributed by atoms with van der Waals surface area (Å²) in [6, 6.07) is 19.7. The van der Waals surface area contributed by atoms with Gasteiger partial charge >= 0.3 is 0 Å². The molecule has 1 amide bonds. The van der Waals surface area contributed by atoms with Crippen LogP contribution in [0.5, 0.6) is 0 Å². The van der Waals surface area contributed by atoms with E-state index in [1.165, 1.54) is 5.56 Å². The Bertz CT molecular complexity index is 993. The van der Waals surface area contributed by atoms with Crippen molar-refractivity contribution in [3.05, 3.63) is 82.7 Å². The number of rotatable bonds is 6. The molecule has 0 saturated carbocycles. The maximum absolute atomic E-state index is 12.3. The summed E-state index contributed by atoms with van der Waals surface area (Å²) < 4.78 is 2.20. The van der Waals surface area contributed by atoms with Crippen LogP contribution in [-0.2, 0) is 13.0 Å². The van der Waals surface area contributed by atoms with Crippen molar-refractivity contribution < 1.29 is 4.79 Å². The SMILES string of the molecule is CCCc1c(-c2ccc(C#N)cc2)c(C(N)=O)c(C)n1Cc1ccccc1. The highest BCUT2D eigenvalue weighted by molar-refractivity contribution is 6.02. The molecule has 0 fully saturated rings. The maximum atomic E-state index is 12.3. The highest BCUT2D eigenvalue weighted by Gasteiger charge is 2.24. The van der Waals surface area contributed by atoms with E-state index >= 15 is 0 Å². The number of nitrogens with two attached hydrogens (primary N) is 1. The molecule has 0 aliphatic carbocycles. The van der Waals surface area contributed by atoms with E-state index in [1.54, 1.807) is 12.1 Å². The number of primary amides is 1. The molecule has 0 atom stereocenters. The fourth-order valence-electron chi connectivity index (χ4n) is 3.60. The lowest BCUT2D eigenvalue weighted by Crippen LogP contribution is -2.13. The quantitative estimate of drug-likeness (QED) is 0.708. The lowest BCUT2D eigenvalue weighted by atomic mass is 9.97. The van der Waals surface area contributed by atoms with Crippen molar-refractivity contribution in [2.24, 2.45) is 5.73 Å². The standard InChI is InChI=1S/C23H23N3O/c1-3-7-20-22(19-12-10-17(14-24)11-13-19)21(23(25)27)16(2)26(20)15-18-8-5-4-6-9-18/h4-6,8-13H,3,7,15H2,1-2H3,(H2,25,27). The molecule has 3 rings (SSSR count). The fourth-order valence-corrected chi connectivity index (χ4v) is 3.60. The number of nitriles is 1. The summed E-state index contributed by atoms with van der Waals surface area (Å²) in [4.78, 5) is 12.3. The molecule has 1 heterocycles. The van der Waals surface area contributed by atoms with Crippen molar-refractivity contribution in [1.29, 1.82) is 5.26 Å². The number of carbonyl (C=O) groups excluding carboxylic acids is 1. The van der Waals surface area contributed by atoms with Crippen LogP contribution < -0.4 is 5.73 Å². The zero-order chi connectivity index (χ0) is 19.4. The molecule has 4 heteroatoms. The summed E-state index contributed by atoms with van der Waals surface area (Å²) in [7, 11) is 0. The van der Waals surface area contributed by atoms with E-state index in [0.29, 0.717) is 17.7 Å². The van der Waals surface area contributed by atoms with Crippen molar-refractivity contribution in [2.75, 3.05) is 0 Å². The van der Waals surface area contributed by atoms with Gasteiger partial charge in [-0.2, -0.15) is 5.26 Å². The molecule has 0 saturated heterocycles. The van der Waals surface area contributed by atoms with Crippen LogP contribution in [0.4, 0.5) is 0 Å². The van der Waals surface area contributed by atoms with Gasteiger partial charge in [-0.15, -0.1) is 0 Å². The van der Waals surface area contributed by atoms with Gasteiger partial charge in [-0.1, -0.05) is 55.8 Å². The number of nitrogens with zero attached hydrogens (tertiary/aromatic N) is 2. The molecule has 1 aromatic heterocycles. The zero-order valence-electron chi connectivity index (χ0n) is 15.7. The van der Waals surface area contributed by atoms with Gasteiger partial charge in [0, 0.05) is 23.5 Å². The highest BCUT2D eigenvalue weighted by Crippen LogP contribution is 2.34. The van der Waals surface area contributed by atoms with E-state index in [2.05, 4.69) is 29.7 Å². The summed E-state index contributed by atoms with van der Waals surface area (Å²) in [5, 5.41) is 9.06. The Hall–Kier alpha value is -3.32. The Morgan fingerprint density at radius 3 is 2.33 bits per heavy atom. The van der Waals surface area contributed by atoms with E-state index in [1.807, 2.05) is 37.3 Å². The van der Waals surface area contributed by atoms with Gasteiger partial charge in [0.2, 0.25) is 0 Å². The second kappa shape index (κ2) is 7.92.